The van der Waals surface area contributed by atoms with E-state index in [1.54, 1.807) is 14.2 Å². The summed E-state index contributed by atoms with van der Waals surface area (Å²) in [6.45, 7) is 0. The fraction of sp³-hybridized carbons (Fsp3) is 0.0870. The summed E-state index contributed by atoms with van der Waals surface area (Å²) in [6, 6.07) is 26.4. The minimum atomic E-state index is 0.795. The number of ether oxygens (including phenoxy) is 2. The van der Waals surface area contributed by atoms with Crippen molar-refractivity contribution in [2.24, 2.45) is 0 Å². The standard InChI is InChI=1S/C23H19NO2/c1-25-18-13-12-17-14-20(16-8-4-3-5-9-16)23(24-21(17)15-18)19-10-6-7-11-22(19)26-2/h3-15H,1-2H3. The molecule has 0 aliphatic carbocycles. The molecule has 0 unspecified atom stereocenters. The third-order valence-electron chi connectivity index (χ3n) is 4.47. The molecule has 0 amide bonds. The second kappa shape index (κ2) is 6.89. The molecular formula is C23H19NO2. The van der Waals surface area contributed by atoms with E-state index in [2.05, 4.69) is 18.2 Å². The summed E-state index contributed by atoms with van der Waals surface area (Å²) in [5, 5.41) is 1.07. The molecule has 0 aliphatic rings. The van der Waals surface area contributed by atoms with Crippen LogP contribution in [0, 0.1) is 0 Å². The molecule has 0 bridgehead atoms. The summed E-state index contributed by atoms with van der Waals surface area (Å²) in [5.74, 6) is 1.60. The van der Waals surface area contributed by atoms with Gasteiger partial charge in [0.25, 0.3) is 0 Å². The zero-order valence-electron chi connectivity index (χ0n) is 14.8. The van der Waals surface area contributed by atoms with Crippen molar-refractivity contribution < 1.29 is 9.47 Å². The van der Waals surface area contributed by atoms with Crippen LogP contribution in [-0.2, 0) is 0 Å². The first-order valence-corrected chi connectivity index (χ1v) is 8.48. The number of aromatic nitrogens is 1. The average molecular weight is 341 g/mol. The number of pyridine rings is 1. The van der Waals surface area contributed by atoms with E-state index in [9.17, 15) is 0 Å². The van der Waals surface area contributed by atoms with Gasteiger partial charge >= 0.3 is 0 Å². The van der Waals surface area contributed by atoms with Crippen molar-refractivity contribution in [1.29, 1.82) is 0 Å². The molecular weight excluding hydrogens is 322 g/mol. The summed E-state index contributed by atoms with van der Waals surface area (Å²) in [5.41, 5.74) is 4.96. The lowest BCUT2D eigenvalue weighted by atomic mass is 9.97. The molecule has 3 aromatic carbocycles. The van der Waals surface area contributed by atoms with E-state index < -0.39 is 0 Å². The first kappa shape index (κ1) is 16.2. The molecule has 0 saturated carbocycles. The molecule has 0 saturated heterocycles. The lowest BCUT2D eigenvalue weighted by molar-refractivity contribution is 0.415. The van der Waals surface area contributed by atoms with Crippen molar-refractivity contribution in [3.8, 4) is 33.9 Å². The second-order valence-electron chi connectivity index (χ2n) is 6.01. The summed E-state index contributed by atoms with van der Waals surface area (Å²) >= 11 is 0. The molecule has 3 heteroatoms. The first-order chi connectivity index (χ1) is 12.8. The average Bonchev–Trinajstić information content (AvgIpc) is 2.73. The fourth-order valence-electron chi connectivity index (χ4n) is 3.16. The monoisotopic (exact) mass is 341 g/mol. The predicted octanol–water partition coefficient (Wildman–Crippen LogP) is 5.59. The van der Waals surface area contributed by atoms with Gasteiger partial charge in [0.1, 0.15) is 11.5 Å². The Bertz CT molecular complexity index is 1060. The first-order valence-electron chi connectivity index (χ1n) is 8.48. The quantitative estimate of drug-likeness (QED) is 0.485. The van der Waals surface area contributed by atoms with Gasteiger partial charge in [-0.2, -0.15) is 0 Å². The minimum Gasteiger partial charge on any atom is -0.497 e. The van der Waals surface area contributed by atoms with Gasteiger partial charge in [0, 0.05) is 22.6 Å². The molecule has 0 atom stereocenters. The molecule has 4 rings (SSSR count). The number of hydrogen-bond donors (Lipinski definition) is 0. The number of para-hydroxylation sites is 1. The Morgan fingerprint density at radius 2 is 1.46 bits per heavy atom. The smallest absolute Gasteiger partial charge is 0.128 e. The van der Waals surface area contributed by atoms with Gasteiger partial charge in [0.05, 0.1) is 25.4 Å². The van der Waals surface area contributed by atoms with Gasteiger partial charge in [-0.1, -0.05) is 42.5 Å². The molecule has 4 aromatic rings. The largest absolute Gasteiger partial charge is 0.497 e. The number of fused-ring (bicyclic) bond motifs is 1. The van der Waals surface area contributed by atoms with Crippen LogP contribution in [0.3, 0.4) is 0 Å². The topological polar surface area (TPSA) is 31.4 Å². The Balaban J connectivity index is 2.04. The number of methoxy groups -OCH3 is 2. The van der Waals surface area contributed by atoms with Gasteiger partial charge in [-0.25, -0.2) is 4.98 Å². The van der Waals surface area contributed by atoms with Crippen molar-refractivity contribution >= 4 is 10.9 Å². The van der Waals surface area contributed by atoms with Crippen LogP contribution < -0.4 is 9.47 Å². The van der Waals surface area contributed by atoms with Gasteiger partial charge in [-0.3, -0.25) is 0 Å². The Hall–Kier alpha value is -3.33. The van der Waals surface area contributed by atoms with Gasteiger partial charge in [0.15, 0.2) is 0 Å². The minimum absolute atomic E-state index is 0.795. The fourth-order valence-corrected chi connectivity index (χ4v) is 3.16. The van der Waals surface area contributed by atoms with Crippen molar-refractivity contribution in [2.75, 3.05) is 14.2 Å². The van der Waals surface area contributed by atoms with Crippen molar-refractivity contribution in [2.45, 2.75) is 0 Å². The van der Waals surface area contributed by atoms with E-state index in [-0.39, 0.29) is 0 Å². The zero-order chi connectivity index (χ0) is 17.9. The SMILES string of the molecule is COc1ccc2cc(-c3ccccc3)c(-c3ccccc3OC)nc2c1. The molecule has 1 heterocycles. The number of benzene rings is 3. The van der Waals surface area contributed by atoms with E-state index in [1.165, 1.54) is 0 Å². The van der Waals surface area contributed by atoms with Crippen LogP contribution >= 0.6 is 0 Å². The van der Waals surface area contributed by atoms with E-state index in [0.717, 1.165) is 44.8 Å². The Labute approximate surface area is 152 Å². The lowest BCUT2D eigenvalue weighted by Gasteiger charge is -2.14. The molecule has 0 N–H and O–H groups in total. The Morgan fingerprint density at radius 1 is 0.692 bits per heavy atom. The van der Waals surface area contributed by atoms with Crippen molar-refractivity contribution in [1.82, 2.24) is 4.98 Å². The third kappa shape index (κ3) is 2.88. The van der Waals surface area contributed by atoms with E-state index in [4.69, 9.17) is 14.5 Å². The zero-order valence-corrected chi connectivity index (χ0v) is 14.8. The number of hydrogen-bond acceptors (Lipinski definition) is 3. The molecule has 1 aromatic heterocycles. The second-order valence-corrected chi connectivity index (χ2v) is 6.01. The Kier molecular flexibility index (Phi) is 4.28. The van der Waals surface area contributed by atoms with Crippen LogP contribution in [0.4, 0.5) is 0 Å². The van der Waals surface area contributed by atoms with Gasteiger partial charge in [-0.05, 0) is 35.9 Å². The lowest BCUT2D eigenvalue weighted by Crippen LogP contribution is -1.95. The van der Waals surface area contributed by atoms with Crippen LogP contribution in [-0.4, -0.2) is 19.2 Å². The van der Waals surface area contributed by atoms with Crippen LogP contribution in [0.5, 0.6) is 11.5 Å². The molecule has 0 fully saturated rings. The predicted molar refractivity (Wildman–Crippen MR) is 106 cm³/mol. The summed E-state index contributed by atoms with van der Waals surface area (Å²) < 4.78 is 10.9. The highest BCUT2D eigenvalue weighted by Gasteiger charge is 2.15. The van der Waals surface area contributed by atoms with Gasteiger partial charge < -0.3 is 9.47 Å². The maximum atomic E-state index is 5.58. The molecule has 26 heavy (non-hydrogen) atoms. The van der Waals surface area contributed by atoms with E-state index in [0.29, 0.717) is 0 Å². The summed E-state index contributed by atoms with van der Waals surface area (Å²) in [4.78, 5) is 4.98. The summed E-state index contributed by atoms with van der Waals surface area (Å²) in [7, 11) is 3.35. The van der Waals surface area contributed by atoms with Crippen LogP contribution in [0.1, 0.15) is 0 Å². The molecule has 128 valence electrons. The summed E-state index contributed by atoms with van der Waals surface area (Å²) in [6.07, 6.45) is 0. The Morgan fingerprint density at radius 3 is 2.23 bits per heavy atom. The van der Waals surface area contributed by atoms with Crippen LogP contribution in [0.25, 0.3) is 33.3 Å². The van der Waals surface area contributed by atoms with E-state index in [1.807, 2.05) is 60.7 Å². The highest BCUT2D eigenvalue weighted by molar-refractivity contribution is 5.93. The van der Waals surface area contributed by atoms with E-state index >= 15 is 0 Å². The van der Waals surface area contributed by atoms with Crippen LogP contribution in [0.2, 0.25) is 0 Å². The highest BCUT2D eigenvalue weighted by atomic mass is 16.5. The highest BCUT2D eigenvalue weighted by Crippen LogP contribution is 2.38. The van der Waals surface area contributed by atoms with Gasteiger partial charge in [0.2, 0.25) is 0 Å². The van der Waals surface area contributed by atoms with Crippen LogP contribution in [0.15, 0.2) is 78.9 Å². The third-order valence-corrected chi connectivity index (χ3v) is 4.47. The van der Waals surface area contributed by atoms with Crippen molar-refractivity contribution in [3.05, 3.63) is 78.9 Å². The maximum Gasteiger partial charge on any atom is 0.128 e. The maximum absolute atomic E-state index is 5.58. The normalized spacial score (nSPS) is 10.7. The number of rotatable bonds is 4. The van der Waals surface area contributed by atoms with Crippen molar-refractivity contribution in [3.63, 3.8) is 0 Å². The molecule has 0 aliphatic heterocycles. The van der Waals surface area contributed by atoms with Gasteiger partial charge in [-0.15, -0.1) is 0 Å². The number of nitrogens with zero attached hydrogens (tertiary/aromatic N) is 1. The molecule has 0 radical (unpaired) electrons. The molecule has 0 spiro atoms. The molecule has 3 nitrogen and oxygen atoms in total.